The Balaban J connectivity index is 1.57. The number of aromatic nitrogens is 1. The van der Waals surface area contributed by atoms with Crippen molar-refractivity contribution in [3.05, 3.63) is 71.4 Å². The smallest absolute Gasteiger partial charge is 0.321 e. The maximum Gasteiger partial charge on any atom is 0.321 e. The minimum Gasteiger partial charge on any atom is -0.491 e. The van der Waals surface area contributed by atoms with Gasteiger partial charge in [0.15, 0.2) is 0 Å². The van der Waals surface area contributed by atoms with Crippen molar-refractivity contribution in [1.29, 1.82) is 0 Å². The van der Waals surface area contributed by atoms with Gasteiger partial charge in [0, 0.05) is 35.8 Å². The van der Waals surface area contributed by atoms with Crippen LogP contribution in [-0.4, -0.2) is 64.8 Å². The van der Waals surface area contributed by atoms with Gasteiger partial charge in [0.25, 0.3) is 5.91 Å². The second-order valence-corrected chi connectivity index (χ2v) is 8.02. The van der Waals surface area contributed by atoms with Gasteiger partial charge in [0.05, 0.1) is 31.3 Å². The summed E-state index contributed by atoms with van der Waals surface area (Å²) >= 11 is 0. The quantitative estimate of drug-likeness (QED) is 0.462. The molecule has 1 saturated heterocycles. The summed E-state index contributed by atoms with van der Waals surface area (Å²) in [5.41, 5.74) is 4.49. The van der Waals surface area contributed by atoms with Gasteiger partial charge < -0.3 is 19.3 Å². The lowest BCUT2D eigenvalue weighted by atomic mass is 10.00. The Bertz CT molecular complexity index is 1190. The van der Waals surface area contributed by atoms with Crippen LogP contribution < -0.4 is 10.2 Å². The number of urea groups is 1. The number of hydrogen-bond acceptors (Lipinski definition) is 6. The molecule has 3 amide bonds. The van der Waals surface area contributed by atoms with E-state index in [1.807, 2.05) is 35.2 Å². The Labute approximate surface area is 190 Å². The first-order valence-electron chi connectivity index (χ1n) is 10.8. The molecule has 3 aromatic rings. The lowest BCUT2D eigenvalue weighted by Gasteiger charge is -2.36. The molecule has 9 heteroatoms. The first kappa shape index (κ1) is 21.2. The molecule has 2 N–H and O–H groups in total. The van der Waals surface area contributed by atoms with Gasteiger partial charge in [-0.05, 0) is 29.8 Å². The van der Waals surface area contributed by atoms with Gasteiger partial charge in [-0.15, -0.1) is 0 Å². The molecule has 1 atom stereocenters. The number of hydroxylamine groups is 1. The molecule has 2 aliphatic heterocycles. The van der Waals surface area contributed by atoms with Crippen molar-refractivity contribution >= 4 is 22.8 Å². The van der Waals surface area contributed by atoms with Crippen LogP contribution >= 0.6 is 0 Å². The number of amides is 3. The minimum atomic E-state index is -0.622. The third kappa shape index (κ3) is 4.08. The van der Waals surface area contributed by atoms with Crippen molar-refractivity contribution in [3.63, 3.8) is 0 Å². The summed E-state index contributed by atoms with van der Waals surface area (Å²) in [6, 6.07) is 14.3. The number of rotatable bonds is 2. The van der Waals surface area contributed by atoms with Crippen LogP contribution in [0.15, 0.2) is 54.7 Å². The van der Waals surface area contributed by atoms with Crippen LogP contribution in [0.1, 0.15) is 27.5 Å². The molecule has 1 aromatic heterocycles. The number of carbonyl (C=O) groups excluding carboxylic acids is 2. The zero-order valence-electron chi connectivity index (χ0n) is 17.9. The topological polar surface area (TPSA) is 104 Å². The average Bonchev–Trinajstić information content (AvgIpc) is 3.07. The molecule has 2 aromatic carbocycles. The lowest BCUT2D eigenvalue weighted by Crippen LogP contribution is -2.49. The molecule has 3 heterocycles. The summed E-state index contributed by atoms with van der Waals surface area (Å²) in [7, 11) is 0. The fraction of sp³-hybridized carbons (Fsp3) is 0.292. The van der Waals surface area contributed by atoms with E-state index in [1.54, 1.807) is 34.8 Å². The SMILES string of the molecule is O=C(NO)c1ccc2c(c1)OC[C@@H](c1cccc3ncccc13)N(C(=O)N1CCOCC1)C2. The molecular weight excluding hydrogens is 424 g/mol. The number of hydrogen-bond donors (Lipinski definition) is 2. The molecule has 5 rings (SSSR count). The molecule has 2 aliphatic rings. The largest absolute Gasteiger partial charge is 0.491 e. The van der Waals surface area contributed by atoms with Gasteiger partial charge in [-0.2, -0.15) is 0 Å². The van der Waals surface area contributed by atoms with Gasteiger partial charge in [-0.1, -0.05) is 24.3 Å². The first-order chi connectivity index (χ1) is 16.2. The third-order valence-electron chi connectivity index (χ3n) is 6.11. The van der Waals surface area contributed by atoms with Gasteiger partial charge >= 0.3 is 6.03 Å². The maximum atomic E-state index is 13.7. The lowest BCUT2D eigenvalue weighted by molar-refractivity contribution is 0.0363. The van der Waals surface area contributed by atoms with E-state index in [-0.39, 0.29) is 24.2 Å². The highest BCUT2D eigenvalue weighted by atomic mass is 16.5. The monoisotopic (exact) mass is 448 g/mol. The Morgan fingerprint density at radius 2 is 1.94 bits per heavy atom. The van der Waals surface area contributed by atoms with E-state index >= 15 is 0 Å². The van der Waals surface area contributed by atoms with Crippen molar-refractivity contribution in [1.82, 2.24) is 20.3 Å². The minimum absolute atomic E-state index is 0.0854. The first-order valence-corrected chi connectivity index (χ1v) is 10.8. The molecule has 9 nitrogen and oxygen atoms in total. The Hall–Kier alpha value is -3.69. The van der Waals surface area contributed by atoms with Crippen LogP contribution in [0.5, 0.6) is 5.75 Å². The molecule has 0 aliphatic carbocycles. The predicted molar refractivity (Wildman–Crippen MR) is 119 cm³/mol. The van der Waals surface area contributed by atoms with Crippen molar-refractivity contribution < 1.29 is 24.3 Å². The van der Waals surface area contributed by atoms with Crippen LogP contribution in [0.4, 0.5) is 4.79 Å². The number of nitrogens with one attached hydrogen (secondary N) is 1. The van der Waals surface area contributed by atoms with E-state index in [1.165, 1.54) is 0 Å². The van der Waals surface area contributed by atoms with E-state index in [0.717, 1.165) is 22.0 Å². The maximum absolute atomic E-state index is 13.7. The molecule has 170 valence electrons. The summed E-state index contributed by atoms with van der Waals surface area (Å²) in [6.07, 6.45) is 1.75. The standard InChI is InChI=1S/C24H24N4O5/c29-23(26-31)16-6-7-17-14-28(24(30)27-9-11-32-12-10-27)21(15-33-22(17)13-16)19-3-1-5-20-18(19)4-2-8-25-20/h1-8,13,21,31H,9-12,14-15H2,(H,26,29)/t21-/m0/s1. The summed E-state index contributed by atoms with van der Waals surface area (Å²) in [5, 5.41) is 9.94. The molecule has 0 unspecified atom stereocenters. The summed E-state index contributed by atoms with van der Waals surface area (Å²) in [5.74, 6) is -0.111. The van der Waals surface area contributed by atoms with Crippen molar-refractivity contribution in [2.45, 2.75) is 12.6 Å². The fourth-order valence-corrected chi connectivity index (χ4v) is 4.39. The molecule has 0 radical (unpaired) electrons. The zero-order valence-corrected chi connectivity index (χ0v) is 17.9. The number of nitrogens with zero attached hydrogens (tertiary/aromatic N) is 3. The van der Waals surface area contributed by atoms with E-state index in [4.69, 9.17) is 14.7 Å². The van der Waals surface area contributed by atoms with Crippen LogP contribution in [-0.2, 0) is 11.3 Å². The normalized spacial score (nSPS) is 18.3. The van der Waals surface area contributed by atoms with Crippen LogP contribution in [0, 0.1) is 0 Å². The summed E-state index contributed by atoms with van der Waals surface area (Å²) in [4.78, 5) is 33.7. The second kappa shape index (κ2) is 9.05. The van der Waals surface area contributed by atoms with Crippen molar-refractivity contribution in [3.8, 4) is 5.75 Å². The Kier molecular flexibility index (Phi) is 5.80. The second-order valence-electron chi connectivity index (χ2n) is 8.02. The van der Waals surface area contributed by atoms with Crippen LogP contribution in [0.3, 0.4) is 0 Å². The Morgan fingerprint density at radius 3 is 2.76 bits per heavy atom. The van der Waals surface area contributed by atoms with E-state index in [2.05, 4.69) is 4.98 Å². The van der Waals surface area contributed by atoms with Gasteiger partial charge in [-0.25, -0.2) is 10.3 Å². The fourth-order valence-electron chi connectivity index (χ4n) is 4.39. The van der Waals surface area contributed by atoms with Gasteiger partial charge in [0.1, 0.15) is 12.4 Å². The van der Waals surface area contributed by atoms with E-state index in [9.17, 15) is 9.59 Å². The highest BCUT2D eigenvalue weighted by Gasteiger charge is 2.34. The molecule has 1 fully saturated rings. The number of benzene rings is 2. The van der Waals surface area contributed by atoms with Gasteiger partial charge in [-0.3, -0.25) is 15.0 Å². The van der Waals surface area contributed by atoms with Crippen molar-refractivity contribution in [2.24, 2.45) is 0 Å². The molecule has 0 bridgehead atoms. The van der Waals surface area contributed by atoms with E-state index in [0.29, 0.717) is 38.6 Å². The average molecular weight is 448 g/mol. The van der Waals surface area contributed by atoms with E-state index < -0.39 is 5.91 Å². The summed E-state index contributed by atoms with van der Waals surface area (Å²) < 4.78 is 11.6. The number of fused-ring (bicyclic) bond motifs is 2. The molecule has 0 spiro atoms. The molecule has 0 saturated carbocycles. The predicted octanol–water partition coefficient (Wildman–Crippen LogP) is 2.74. The molecule has 33 heavy (non-hydrogen) atoms. The molecular formula is C24H24N4O5. The number of ether oxygens (including phenoxy) is 2. The van der Waals surface area contributed by atoms with Crippen LogP contribution in [0.2, 0.25) is 0 Å². The zero-order chi connectivity index (χ0) is 22.8. The highest BCUT2D eigenvalue weighted by Crippen LogP contribution is 2.35. The number of pyridine rings is 1. The van der Waals surface area contributed by atoms with Gasteiger partial charge in [0.2, 0.25) is 0 Å². The number of morpholine rings is 1. The Morgan fingerprint density at radius 1 is 1.09 bits per heavy atom. The van der Waals surface area contributed by atoms with Crippen LogP contribution in [0.25, 0.3) is 10.9 Å². The summed E-state index contributed by atoms with van der Waals surface area (Å²) in [6.45, 7) is 2.60. The highest BCUT2D eigenvalue weighted by molar-refractivity contribution is 5.94. The number of carbonyl (C=O) groups is 2. The van der Waals surface area contributed by atoms with Crippen molar-refractivity contribution in [2.75, 3.05) is 32.9 Å². The third-order valence-corrected chi connectivity index (χ3v) is 6.11.